The number of ether oxygens (including phenoxy) is 1. The van der Waals surface area contributed by atoms with Crippen molar-refractivity contribution in [1.29, 1.82) is 0 Å². The van der Waals surface area contributed by atoms with Crippen LogP contribution >= 0.6 is 0 Å². The molecule has 1 heterocycles. The first kappa shape index (κ1) is 20.4. The number of amides is 1. The Morgan fingerprint density at radius 3 is 2.21 bits per heavy atom. The summed E-state index contributed by atoms with van der Waals surface area (Å²) in [7, 11) is -3.60. The number of nitrogens with zero attached hydrogens (tertiary/aromatic N) is 2. The first-order valence-corrected chi connectivity index (χ1v) is 10.8. The summed E-state index contributed by atoms with van der Waals surface area (Å²) in [4.78, 5) is 14.5. The van der Waals surface area contributed by atoms with Crippen molar-refractivity contribution in [3.05, 3.63) is 59.7 Å². The topological polar surface area (TPSA) is 66.9 Å². The summed E-state index contributed by atoms with van der Waals surface area (Å²) in [6.45, 7) is 7.02. The van der Waals surface area contributed by atoms with Gasteiger partial charge < -0.3 is 9.64 Å². The molecular weight excluding hydrogens is 376 g/mol. The van der Waals surface area contributed by atoms with Crippen LogP contribution in [0.3, 0.4) is 0 Å². The Morgan fingerprint density at radius 2 is 1.64 bits per heavy atom. The highest BCUT2D eigenvalue weighted by Gasteiger charge is 2.30. The van der Waals surface area contributed by atoms with Gasteiger partial charge in [0.1, 0.15) is 5.75 Å². The van der Waals surface area contributed by atoms with Crippen LogP contribution in [0.25, 0.3) is 0 Å². The Labute approximate surface area is 166 Å². The second-order valence-electron chi connectivity index (χ2n) is 7.16. The minimum Gasteiger partial charge on any atom is -0.491 e. The third kappa shape index (κ3) is 4.36. The number of piperazine rings is 1. The molecule has 1 saturated heterocycles. The van der Waals surface area contributed by atoms with Gasteiger partial charge in [0.25, 0.3) is 5.91 Å². The van der Waals surface area contributed by atoms with Crippen molar-refractivity contribution in [3.8, 4) is 5.75 Å². The van der Waals surface area contributed by atoms with E-state index < -0.39 is 10.0 Å². The lowest BCUT2D eigenvalue weighted by atomic mass is 10.2. The number of sulfonamides is 1. The Morgan fingerprint density at radius 1 is 1.00 bits per heavy atom. The predicted molar refractivity (Wildman–Crippen MR) is 108 cm³/mol. The van der Waals surface area contributed by atoms with E-state index in [9.17, 15) is 13.2 Å². The Bertz CT molecular complexity index is 934. The summed E-state index contributed by atoms with van der Waals surface area (Å²) in [5, 5.41) is 0. The van der Waals surface area contributed by atoms with Crippen molar-refractivity contribution in [2.24, 2.45) is 0 Å². The molecule has 7 heteroatoms. The Kier molecular flexibility index (Phi) is 6.05. The molecule has 0 bridgehead atoms. The van der Waals surface area contributed by atoms with Crippen LogP contribution in [0.2, 0.25) is 0 Å². The summed E-state index contributed by atoms with van der Waals surface area (Å²) in [6, 6.07) is 14.0. The monoisotopic (exact) mass is 402 g/mol. The van der Waals surface area contributed by atoms with Gasteiger partial charge in [-0.05, 0) is 56.7 Å². The molecule has 6 nitrogen and oxygen atoms in total. The number of hydrogen-bond donors (Lipinski definition) is 0. The number of hydrogen-bond acceptors (Lipinski definition) is 4. The van der Waals surface area contributed by atoms with Gasteiger partial charge in [-0.25, -0.2) is 8.42 Å². The molecule has 3 rings (SSSR count). The largest absolute Gasteiger partial charge is 0.491 e. The van der Waals surface area contributed by atoms with Crippen LogP contribution in [0.1, 0.15) is 29.8 Å². The van der Waals surface area contributed by atoms with E-state index in [1.165, 1.54) is 4.31 Å². The van der Waals surface area contributed by atoms with Gasteiger partial charge in [-0.15, -0.1) is 0 Å². The molecule has 0 saturated carbocycles. The maximum atomic E-state index is 13.0. The maximum absolute atomic E-state index is 13.0. The normalized spacial score (nSPS) is 15.6. The highest BCUT2D eigenvalue weighted by atomic mass is 32.2. The van der Waals surface area contributed by atoms with Crippen LogP contribution in [0.5, 0.6) is 5.75 Å². The zero-order chi connectivity index (χ0) is 20.3. The van der Waals surface area contributed by atoms with Crippen molar-refractivity contribution in [3.63, 3.8) is 0 Å². The minimum atomic E-state index is -3.60. The number of carbonyl (C=O) groups excluding carboxylic acids is 1. The van der Waals surface area contributed by atoms with Gasteiger partial charge in [-0.1, -0.05) is 18.2 Å². The molecule has 0 unspecified atom stereocenters. The average molecular weight is 403 g/mol. The molecule has 0 aliphatic carbocycles. The zero-order valence-corrected chi connectivity index (χ0v) is 17.3. The molecule has 28 heavy (non-hydrogen) atoms. The molecule has 0 spiro atoms. The molecule has 150 valence electrons. The van der Waals surface area contributed by atoms with Crippen LogP contribution in [0.15, 0.2) is 53.4 Å². The van der Waals surface area contributed by atoms with E-state index in [-0.39, 0.29) is 30.0 Å². The maximum Gasteiger partial charge on any atom is 0.253 e. The highest BCUT2D eigenvalue weighted by molar-refractivity contribution is 7.89. The lowest BCUT2D eigenvalue weighted by molar-refractivity contribution is 0.0698. The summed E-state index contributed by atoms with van der Waals surface area (Å²) < 4.78 is 33.1. The fraction of sp³-hybridized carbons (Fsp3) is 0.381. The lowest BCUT2D eigenvalue weighted by Gasteiger charge is -2.34. The molecule has 0 radical (unpaired) electrons. The van der Waals surface area contributed by atoms with E-state index in [0.29, 0.717) is 24.4 Å². The van der Waals surface area contributed by atoms with Gasteiger partial charge in [0, 0.05) is 31.7 Å². The van der Waals surface area contributed by atoms with Crippen molar-refractivity contribution in [2.45, 2.75) is 31.8 Å². The van der Waals surface area contributed by atoms with Gasteiger partial charge in [-0.2, -0.15) is 4.31 Å². The molecule has 1 amide bonds. The number of rotatable bonds is 5. The standard InChI is InChI=1S/C21H26N2O4S/c1-16(2)27-20-10-9-19(15-17(20)3)28(25,26)23-13-11-22(12-14-23)21(24)18-7-5-4-6-8-18/h4-10,15-16H,11-14H2,1-3H3. The zero-order valence-electron chi connectivity index (χ0n) is 16.5. The Balaban J connectivity index is 1.69. The molecule has 0 atom stereocenters. The quantitative estimate of drug-likeness (QED) is 0.771. The van der Waals surface area contributed by atoms with E-state index in [0.717, 1.165) is 5.56 Å². The summed E-state index contributed by atoms with van der Waals surface area (Å²) in [5.41, 5.74) is 1.41. The predicted octanol–water partition coefficient (Wildman–Crippen LogP) is 2.93. The van der Waals surface area contributed by atoms with Gasteiger partial charge in [0.2, 0.25) is 10.0 Å². The third-order valence-electron chi connectivity index (χ3n) is 4.69. The van der Waals surface area contributed by atoms with Crippen molar-refractivity contribution >= 4 is 15.9 Å². The van der Waals surface area contributed by atoms with Crippen LogP contribution in [0, 0.1) is 6.92 Å². The molecule has 1 aliphatic rings. The van der Waals surface area contributed by atoms with Crippen molar-refractivity contribution < 1.29 is 17.9 Å². The second-order valence-corrected chi connectivity index (χ2v) is 9.09. The molecule has 1 aliphatic heterocycles. The molecule has 1 fully saturated rings. The average Bonchev–Trinajstić information content (AvgIpc) is 2.69. The van der Waals surface area contributed by atoms with Gasteiger partial charge >= 0.3 is 0 Å². The van der Waals surface area contributed by atoms with Crippen molar-refractivity contribution in [2.75, 3.05) is 26.2 Å². The smallest absolute Gasteiger partial charge is 0.253 e. The SMILES string of the molecule is Cc1cc(S(=O)(=O)N2CCN(C(=O)c3ccccc3)CC2)ccc1OC(C)C. The fourth-order valence-electron chi connectivity index (χ4n) is 3.21. The summed E-state index contributed by atoms with van der Waals surface area (Å²) >= 11 is 0. The molecular formula is C21H26N2O4S. The van der Waals surface area contributed by atoms with Gasteiger partial charge in [0.05, 0.1) is 11.0 Å². The van der Waals surface area contributed by atoms with Gasteiger partial charge in [0.15, 0.2) is 0 Å². The van der Waals surface area contributed by atoms with Crippen LogP contribution in [-0.2, 0) is 10.0 Å². The second kappa shape index (κ2) is 8.32. The van der Waals surface area contributed by atoms with E-state index in [2.05, 4.69) is 0 Å². The summed E-state index contributed by atoms with van der Waals surface area (Å²) in [5.74, 6) is 0.621. The number of carbonyl (C=O) groups is 1. The van der Waals surface area contributed by atoms with Gasteiger partial charge in [-0.3, -0.25) is 4.79 Å². The van der Waals surface area contributed by atoms with Crippen LogP contribution < -0.4 is 4.74 Å². The van der Waals surface area contributed by atoms with Crippen LogP contribution in [0.4, 0.5) is 0 Å². The first-order valence-electron chi connectivity index (χ1n) is 9.41. The van der Waals surface area contributed by atoms with E-state index in [1.54, 1.807) is 35.2 Å². The Hall–Kier alpha value is -2.38. The van der Waals surface area contributed by atoms with Crippen LogP contribution in [-0.4, -0.2) is 55.8 Å². The van der Waals surface area contributed by atoms with E-state index in [1.807, 2.05) is 39.0 Å². The molecule has 0 aromatic heterocycles. The molecule has 0 N–H and O–H groups in total. The fourth-order valence-corrected chi connectivity index (χ4v) is 4.72. The van der Waals surface area contributed by atoms with E-state index in [4.69, 9.17) is 4.74 Å². The minimum absolute atomic E-state index is 0.0244. The highest BCUT2D eigenvalue weighted by Crippen LogP contribution is 2.25. The molecule has 2 aromatic carbocycles. The van der Waals surface area contributed by atoms with Crippen molar-refractivity contribution in [1.82, 2.24) is 9.21 Å². The first-order chi connectivity index (χ1) is 13.3. The lowest BCUT2D eigenvalue weighted by Crippen LogP contribution is -2.50. The third-order valence-corrected chi connectivity index (χ3v) is 6.59. The number of aryl methyl sites for hydroxylation is 1. The molecule has 2 aromatic rings. The van der Waals surface area contributed by atoms with E-state index >= 15 is 0 Å². The summed E-state index contributed by atoms with van der Waals surface area (Å²) in [6.07, 6.45) is 0.0244. The number of benzene rings is 2.